The van der Waals surface area contributed by atoms with Crippen LogP contribution in [0.5, 0.6) is 0 Å². The summed E-state index contributed by atoms with van der Waals surface area (Å²) in [6.45, 7) is 5.58. The number of esters is 1. The molecule has 1 aliphatic heterocycles. The molecule has 146 valence electrons. The summed E-state index contributed by atoms with van der Waals surface area (Å²) in [7, 11) is 1.26. The molecule has 2 rings (SSSR count). The molecule has 25 heavy (non-hydrogen) atoms. The molecule has 0 radical (unpaired) electrons. The molecule has 1 amide bonds. The average molecular weight is 383 g/mol. The lowest BCUT2D eigenvalue weighted by Crippen LogP contribution is -2.60. The molecule has 1 heterocycles. The minimum Gasteiger partial charge on any atom is -0.467 e. The molecule has 0 aromatic rings. The van der Waals surface area contributed by atoms with E-state index in [1.165, 1.54) is 7.11 Å². The molecule has 0 spiro atoms. The van der Waals surface area contributed by atoms with Crippen LogP contribution in [0, 0.1) is 17.3 Å². The third-order valence-electron chi connectivity index (χ3n) is 5.34. The van der Waals surface area contributed by atoms with E-state index in [0.717, 1.165) is 13.0 Å². The minimum atomic E-state index is -2.39. The van der Waals surface area contributed by atoms with Crippen molar-refractivity contribution < 1.29 is 23.1 Å². The molecule has 8 heteroatoms. The van der Waals surface area contributed by atoms with Crippen LogP contribution in [0.1, 0.15) is 46.0 Å². The van der Waals surface area contributed by atoms with Gasteiger partial charge in [0.1, 0.15) is 5.54 Å². The number of methoxy groups -OCH3 is 1. The number of amides is 1. The molecule has 0 aromatic carbocycles. The van der Waals surface area contributed by atoms with Crippen molar-refractivity contribution in [3.63, 3.8) is 0 Å². The Balaban J connectivity index is 0.00000312. The van der Waals surface area contributed by atoms with Gasteiger partial charge < -0.3 is 15.4 Å². The van der Waals surface area contributed by atoms with Gasteiger partial charge in [-0.05, 0) is 37.5 Å². The van der Waals surface area contributed by atoms with Gasteiger partial charge in [0.05, 0.1) is 13.0 Å². The summed E-state index contributed by atoms with van der Waals surface area (Å²) in [5.41, 5.74) is -1.16. The van der Waals surface area contributed by atoms with Gasteiger partial charge in [0.25, 0.3) is 0 Å². The van der Waals surface area contributed by atoms with Crippen LogP contribution in [0.15, 0.2) is 0 Å². The second-order valence-electron chi connectivity index (χ2n) is 7.93. The van der Waals surface area contributed by atoms with Crippen molar-refractivity contribution in [1.29, 1.82) is 0 Å². The number of hydrogen-bond acceptors (Lipinski definition) is 4. The number of piperidine rings is 1. The number of carbonyl (C=O) groups is 2. The van der Waals surface area contributed by atoms with Crippen LogP contribution in [0.25, 0.3) is 0 Å². The smallest absolute Gasteiger partial charge is 0.331 e. The van der Waals surface area contributed by atoms with Crippen molar-refractivity contribution in [2.45, 2.75) is 57.9 Å². The van der Waals surface area contributed by atoms with Crippen molar-refractivity contribution in [3.8, 4) is 0 Å². The molecule has 1 aliphatic carbocycles. The fraction of sp³-hybridized carbons (Fsp3) is 0.882. The maximum atomic E-state index is 12.9. The van der Waals surface area contributed by atoms with E-state index >= 15 is 0 Å². The largest absolute Gasteiger partial charge is 0.467 e. The van der Waals surface area contributed by atoms with Gasteiger partial charge in [0.2, 0.25) is 12.3 Å². The Morgan fingerprint density at radius 2 is 1.84 bits per heavy atom. The summed E-state index contributed by atoms with van der Waals surface area (Å²) in [6.07, 6.45) is -0.848. The maximum Gasteiger partial charge on any atom is 0.331 e. The van der Waals surface area contributed by atoms with E-state index in [9.17, 15) is 18.4 Å². The van der Waals surface area contributed by atoms with E-state index < -0.39 is 23.9 Å². The predicted octanol–water partition coefficient (Wildman–Crippen LogP) is 2.53. The summed E-state index contributed by atoms with van der Waals surface area (Å²) >= 11 is 0. The van der Waals surface area contributed by atoms with E-state index in [0.29, 0.717) is 6.54 Å². The van der Waals surface area contributed by atoms with Crippen molar-refractivity contribution >= 4 is 24.3 Å². The summed E-state index contributed by atoms with van der Waals surface area (Å²) in [5.74, 6) is -1.68. The second-order valence-corrected chi connectivity index (χ2v) is 7.93. The first-order valence-corrected chi connectivity index (χ1v) is 8.58. The van der Waals surface area contributed by atoms with Crippen molar-refractivity contribution in [2.24, 2.45) is 17.3 Å². The molecule has 2 N–H and O–H groups in total. The highest BCUT2D eigenvalue weighted by atomic mass is 35.5. The van der Waals surface area contributed by atoms with Gasteiger partial charge >= 0.3 is 5.97 Å². The molecule has 1 unspecified atom stereocenters. The highest BCUT2D eigenvalue weighted by molar-refractivity contribution is 5.89. The van der Waals surface area contributed by atoms with Crippen molar-refractivity contribution in [2.75, 3.05) is 20.2 Å². The van der Waals surface area contributed by atoms with Crippen LogP contribution in [-0.4, -0.2) is 44.0 Å². The van der Waals surface area contributed by atoms with E-state index in [1.54, 1.807) is 0 Å². The monoisotopic (exact) mass is 382 g/mol. The Bertz CT molecular complexity index is 481. The Morgan fingerprint density at radius 3 is 2.32 bits per heavy atom. The summed E-state index contributed by atoms with van der Waals surface area (Å²) < 4.78 is 30.6. The first-order valence-electron chi connectivity index (χ1n) is 8.58. The minimum absolute atomic E-state index is 0. The highest BCUT2D eigenvalue weighted by Crippen LogP contribution is 2.37. The molecule has 2 aliphatic rings. The Morgan fingerprint density at radius 1 is 1.24 bits per heavy atom. The fourth-order valence-electron chi connectivity index (χ4n) is 3.88. The van der Waals surface area contributed by atoms with Gasteiger partial charge in [-0.1, -0.05) is 13.8 Å². The van der Waals surface area contributed by atoms with E-state index in [2.05, 4.69) is 24.5 Å². The third kappa shape index (κ3) is 5.26. The lowest BCUT2D eigenvalue weighted by Gasteiger charge is -2.41. The molecule has 1 saturated carbocycles. The van der Waals surface area contributed by atoms with Crippen LogP contribution in [0.2, 0.25) is 0 Å². The van der Waals surface area contributed by atoms with E-state index in [1.807, 2.05) is 0 Å². The lowest BCUT2D eigenvalue weighted by molar-refractivity contribution is -0.154. The Kier molecular flexibility index (Phi) is 7.62. The quantitative estimate of drug-likeness (QED) is 0.733. The number of alkyl halides is 2. The molecule has 1 saturated heterocycles. The predicted molar refractivity (Wildman–Crippen MR) is 92.9 cm³/mol. The van der Waals surface area contributed by atoms with Gasteiger partial charge in [0.15, 0.2) is 0 Å². The first-order chi connectivity index (χ1) is 11.2. The molecule has 5 nitrogen and oxygen atoms in total. The number of nitrogens with one attached hydrogen (secondary N) is 2. The van der Waals surface area contributed by atoms with Crippen LogP contribution in [0.4, 0.5) is 8.78 Å². The number of carbonyl (C=O) groups excluding carboxylic acids is 2. The first kappa shape index (κ1) is 22.1. The zero-order valence-corrected chi connectivity index (χ0v) is 15.9. The molecule has 0 bridgehead atoms. The Labute approximate surface area is 154 Å². The standard InChI is InChI=1S/C17H28F2N2O3.ClH/c1-16(2)8-12(9-20-10-16)14(22)21-17(15(23)24-3)6-4-11(5-7-17)13(18)19;/h11-13,20H,4-10H2,1-3H3,(H,21,22);1H. The van der Waals surface area contributed by atoms with Crippen LogP contribution < -0.4 is 10.6 Å². The second kappa shape index (κ2) is 8.62. The van der Waals surface area contributed by atoms with Crippen LogP contribution in [0.3, 0.4) is 0 Å². The third-order valence-corrected chi connectivity index (χ3v) is 5.34. The van der Waals surface area contributed by atoms with Gasteiger partial charge in [-0.25, -0.2) is 13.6 Å². The summed E-state index contributed by atoms with van der Waals surface area (Å²) in [6, 6.07) is 0. The highest BCUT2D eigenvalue weighted by Gasteiger charge is 2.47. The fourth-order valence-corrected chi connectivity index (χ4v) is 3.88. The number of hydrogen-bond donors (Lipinski definition) is 2. The van der Waals surface area contributed by atoms with E-state index in [4.69, 9.17) is 4.74 Å². The zero-order valence-electron chi connectivity index (χ0n) is 15.1. The average Bonchev–Trinajstić information content (AvgIpc) is 2.53. The number of halogens is 3. The maximum absolute atomic E-state index is 12.9. The van der Waals surface area contributed by atoms with Crippen LogP contribution in [-0.2, 0) is 14.3 Å². The molecular formula is C17H29ClF2N2O3. The summed E-state index contributed by atoms with van der Waals surface area (Å²) in [4.78, 5) is 25.0. The van der Waals surface area contributed by atoms with Gasteiger partial charge in [-0.2, -0.15) is 0 Å². The van der Waals surface area contributed by atoms with Gasteiger partial charge in [0, 0.05) is 19.0 Å². The summed E-state index contributed by atoms with van der Waals surface area (Å²) in [5, 5.41) is 6.10. The zero-order chi connectivity index (χ0) is 18.0. The van der Waals surface area contributed by atoms with Gasteiger partial charge in [-0.3, -0.25) is 4.79 Å². The van der Waals surface area contributed by atoms with E-state index in [-0.39, 0.29) is 55.3 Å². The Hall–Kier alpha value is -0.950. The molecule has 0 aromatic heterocycles. The molecule has 2 fully saturated rings. The number of ether oxygens (including phenoxy) is 1. The SMILES string of the molecule is COC(=O)C1(NC(=O)C2CNCC(C)(C)C2)CCC(C(F)F)CC1.Cl. The van der Waals surface area contributed by atoms with Crippen molar-refractivity contribution in [3.05, 3.63) is 0 Å². The topological polar surface area (TPSA) is 67.4 Å². The number of rotatable bonds is 4. The lowest BCUT2D eigenvalue weighted by atomic mass is 9.75. The normalized spacial score (nSPS) is 31.8. The van der Waals surface area contributed by atoms with Crippen LogP contribution >= 0.6 is 12.4 Å². The molecular weight excluding hydrogens is 354 g/mol. The molecule has 1 atom stereocenters. The van der Waals surface area contributed by atoms with Crippen molar-refractivity contribution in [1.82, 2.24) is 10.6 Å². The van der Waals surface area contributed by atoms with Gasteiger partial charge in [-0.15, -0.1) is 12.4 Å².